The minimum absolute atomic E-state index is 0.263. The van der Waals surface area contributed by atoms with Crippen LogP contribution >= 0.6 is 0 Å². The van der Waals surface area contributed by atoms with E-state index in [-0.39, 0.29) is 5.69 Å². The number of hydrogen-bond acceptors (Lipinski definition) is 3. The summed E-state index contributed by atoms with van der Waals surface area (Å²) < 4.78 is 43.3. The molecule has 0 aliphatic carbocycles. The second kappa shape index (κ2) is 7.64. The van der Waals surface area contributed by atoms with Crippen LogP contribution in [0.5, 0.6) is 5.75 Å². The zero-order valence-electron chi connectivity index (χ0n) is 14.9. The second-order valence-corrected chi connectivity index (χ2v) is 6.07. The minimum atomic E-state index is -4.43. The van der Waals surface area contributed by atoms with Gasteiger partial charge in [0.25, 0.3) is 5.91 Å². The number of rotatable bonds is 4. The van der Waals surface area contributed by atoms with Crippen LogP contribution in [0.2, 0.25) is 0 Å². The van der Waals surface area contributed by atoms with E-state index < -0.39 is 17.6 Å². The fourth-order valence-corrected chi connectivity index (χ4v) is 2.73. The molecule has 0 heterocycles. The zero-order valence-corrected chi connectivity index (χ0v) is 14.9. The first-order chi connectivity index (χ1) is 13.3. The number of nitrogens with two attached hydrogens (primary N) is 1. The first-order valence-electron chi connectivity index (χ1n) is 8.30. The van der Waals surface area contributed by atoms with E-state index in [0.717, 1.165) is 17.7 Å². The number of ether oxygens (including phenoxy) is 1. The number of hydrogen-bond donors (Lipinski definition) is 2. The fourth-order valence-electron chi connectivity index (χ4n) is 2.73. The highest BCUT2D eigenvalue weighted by molar-refractivity contribution is 6.05. The third-order valence-electron chi connectivity index (χ3n) is 4.13. The summed E-state index contributed by atoms with van der Waals surface area (Å²) in [6.07, 6.45) is -4.43. The van der Waals surface area contributed by atoms with E-state index in [1.165, 1.54) is 19.2 Å². The number of methoxy groups -OCH3 is 1. The maximum absolute atomic E-state index is 12.6. The van der Waals surface area contributed by atoms with Crippen molar-refractivity contribution in [2.75, 3.05) is 18.2 Å². The van der Waals surface area contributed by atoms with Crippen molar-refractivity contribution in [3.63, 3.8) is 0 Å². The monoisotopic (exact) mass is 386 g/mol. The van der Waals surface area contributed by atoms with Gasteiger partial charge in [-0.15, -0.1) is 0 Å². The quantitative estimate of drug-likeness (QED) is 0.605. The maximum Gasteiger partial charge on any atom is 0.416 e. The molecule has 144 valence electrons. The third-order valence-corrected chi connectivity index (χ3v) is 4.13. The highest BCUT2D eigenvalue weighted by Gasteiger charge is 2.30. The second-order valence-electron chi connectivity index (χ2n) is 6.07. The van der Waals surface area contributed by atoms with E-state index in [4.69, 9.17) is 10.5 Å². The summed E-state index contributed by atoms with van der Waals surface area (Å²) in [6, 6.07) is 16.3. The largest absolute Gasteiger partial charge is 0.496 e. The van der Waals surface area contributed by atoms with E-state index in [2.05, 4.69) is 5.32 Å². The van der Waals surface area contributed by atoms with Gasteiger partial charge >= 0.3 is 6.18 Å². The molecule has 0 bridgehead atoms. The molecule has 4 nitrogen and oxygen atoms in total. The third kappa shape index (κ3) is 4.25. The summed E-state index contributed by atoms with van der Waals surface area (Å²) in [7, 11) is 1.52. The Morgan fingerprint density at radius 3 is 2.32 bits per heavy atom. The van der Waals surface area contributed by atoms with Crippen LogP contribution in [0.15, 0.2) is 66.7 Å². The molecule has 0 aromatic heterocycles. The highest BCUT2D eigenvalue weighted by atomic mass is 19.4. The summed E-state index contributed by atoms with van der Waals surface area (Å²) in [6.45, 7) is 0. The molecule has 3 rings (SSSR count). The molecule has 0 fully saturated rings. The molecule has 3 aromatic carbocycles. The number of nitrogens with one attached hydrogen (secondary N) is 1. The number of carbonyl (C=O) groups excluding carboxylic acids is 1. The Morgan fingerprint density at radius 1 is 1.00 bits per heavy atom. The fraction of sp³-hybridized carbons (Fsp3) is 0.0952. The molecular formula is C21H17F3N2O2. The molecule has 0 radical (unpaired) electrons. The number of halogens is 3. The molecule has 3 N–H and O–H groups in total. The molecular weight excluding hydrogens is 369 g/mol. The van der Waals surface area contributed by atoms with Crippen LogP contribution in [0, 0.1) is 0 Å². The summed E-state index contributed by atoms with van der Waals surface area (Å²) >= 11 is 0. The number of alkyl halides is 3. The van der Waals surface area contributed by atoms with Crippen LogP contribution in [-0.4, -0.2) is 13.0 Å². The van der Waals surface area contributed by atoms with Gasteiger partial charge in [0.05, 0.1) is 12.7 Å². The van der Waals surface area contributed by atoms with Crippen molar-refractivity contribution >= 4 is 17.3 Å². The van der Waals surface area contributed by atoms with Crippen LogP contribution in [0.3, 0.4) is 0 Å². The van der Waals surface area contributed by atoms with Gasteiger partial charge in [-0.25, -0.2) is 0 Å². The minimum Gasteiger partial charge on any atom is -0.496 e. The van der Waals surface area contributed by atoms with Gasteiger partial charge < -0.3 is 15.8 Å². The van der Waals surface area contributed by atoms with Gasteiger partial charge in [-0.05, 0) is 60.2 Å². The Hall–Kier alpha value is -3.48. The lowest BCUT2D eigenvalue weighted by molar-refractivity contribution is -0.137. The van der Waals surface area contributed by atoms with E-state index in [1.54, 1.807) is 36.4 Å². The van der Waals surface area contributed by atoms with Crippen molar-refractivity contribution in [2.24, 2.45) is 0 Å². The van der Waals surface area contributed by atoms with Gasteiger partial charge in [0.1, 0.15) is 5.75 Å². The molecule has 0 aliphatic heterocycles. The van der Waals surface area contributed by atoms with Gasteiger partial charge in [-0.2, -0.15) is 13.2 Å². The normalized spacial score (nSPS) is 11.1. The molecule has 7 heteroatoms. The Morgan fingerprint density at radius 2 is 1.71 bits per heavy atom. The molecule has 0 spiro atoms. The lowest BCUT2D eigenvalue weighted by Crippen LogP contribution is -2.12. The summed E-state index contributed by atoms with van der Waals surface area (Å²) in [4.78, 5) is 12.5. The SMILES string of the molecule is COc1ccc(C(=O)Nc2ccc(C(F)(F)F)cc2)cc1-c1cccc(N)c1. The molecule has 0 saturated carbocycles. The lowest BCUT2D eigenvalue weighted by Gasteiger charge is -2.12. The van der Waals surface area contributed by atoms with Crippen LogP contribution in [0.25, 0.3) is 11.1 Å². The van der Waals surface area contributed by atoms with Gasteiger partial charge in [0.15, 0.2) is 0 Å². The van der Waals surface area contributed by atoms with E-state index in [9.17, 15) is 18.0 Å². The van der Waals surface area contributed by atoms with Gasteiger partial charge in [-0.3, -0.25) is 4.79 Å². The van der Waals surface area contributed by atoms with E-state index in [0.29, 0.717) is 22.6 Å². The molecule has 3 aromatic rings. The average molecular weight is 386 g/mol. The summed E-state index contributed by atoms with van der Waals surface area (Å²) in [5.74, 6) is 0.115. The van der Waals surface area contributed by atoms with Crippen LogP contribution in [0.4, 0.5) is 24.5 Å². The predicted octanol–water partition coefficient (Wildman–Crippen LogP) is 5.22. The number of carbonyl (C=O) groups is 1. The lowest BCUT2D eigenvalue weighted by atomic mass is 10.0. The van der Waals surface area contributed by atoms with E-state index >= 15 is 0 Å². The Labute approximate surface area is 159 Å². The summed E-state index contributed by atoms with van der Waals surface area (Å²) in [5, 5.41) is 2.59. The van der Waals surface area contributed by atoms with Crippen molar-refractivity contribution in [1.82, 2.24) is 0 Å². The van der Waals surface area contributed by atoms with Crippen molar-refractivity contribution in [3.8, 4) is 16.9 Å². The van der Waals surface area contributed by atoms with Gasteiger partial charge in [-0.1, -0.05) is 12.1 Å². The molecule has 0 saturated heterocycles. The molecule has 0 aliphatic rings. The Balaban J connectivity index is 1.87. The number of benzene rings is 3. The number of nitrogen functional groups attached to an aromatic ring is 1. The zero-order chi connectivity index (χ0) is 20.3. The molecule has 0 atom stereocenters. The molecule has 0 unspecified atom stereocenters. The van der Waals surface area contributed by atoms with E-state index in [1.807, 2.05) is 6.07 Å². The van der Waals surface area contributed by atoms with Crippen LogP contribution in [-0.2, 0) is 6.18 Å². The van der Waals surface area contributed by atoms with Crippen LogP contribution < -0.4 is 15.8 Å². The smallest absolute Gasteiger partial charge is 0.416 e. The highest BCUT2D eigenvalue weighted by Crippen LogP contribution is 2.33. The first-order valence-corrected chi connectivity index (χ1v) is 8.30. The predicted molar refractivity (Wildman–Crippen MR) is 102 cm³/mol. The standard InChI is InChI=1S/C21H17F3N2O2/c1-28-19-10-5-14(12-18(19)13-3-2-4-16(25)11-13)20(27)26-17-8-6-15(7-9-17)21(22,23)24/h2-12H,25H2,1H3,(H,26,27). The maximum atomic E-state index is 12.6. The topological polar surface area (TPSA) is 64.3 Å². The average Bonchev–Trinajstić information content (AvgIpc) is 2.67. The van der Waals surface area contributed by atoms with Gasteiger partial charge in [0.2, 0.25) is 0 Å². The molecule has 28 heavy (non-hydrogen) atoms. The van der Waals surface area contributed by atoms with Crippen molar-refractivity contribution in [3.05, 3.63) is 77.9 Å². The van der Waals surface area contributed by atoms with Gasteiger partial charge in [0, 0.05) is 22.5 Å². The number of amides is 1. The summed E-state index contributed by atoms with van der Waals surface area (Å²) in [5.41, 5.74) is 7.67. The Bertz CT molecular complexity index is 999. The van der Waals surface area contributed by atoms with Crippen molar-refractivity contribution in [2.45, 2.75) is 6.18 Å². The van der Waals surface area contributed by atoms with Crippen molar-refractivity contribution in [1.29, 1.82) is 0 Å². The first kappa shape index (κ1) is 19.3. The Kier molecular flexibility index (Phi) is 5.26. The van der Waals surface area contributed by atoms with Crippen LogP contribution in [0.1, 0.15) is 15.9 Å². The van der Waals surface area contributed by atoms with Crippen molar-refractivity contribution < 1.29 is 22.7 Å². The number of anilines is 2. The molecule has 1 amide bonds.